The predicted octanol–water partition coefficient (Wildman–Crippen LogP) is 2.63. The largest absolute Gasteiger partial charge is 0.372 e. The van der Waals surface area contributed by atoms with Crippen molar-refractivity contribution in [3.63, 3.8) is 0 Å². The summed E-state index contributed by atoms with van der Waals surface area (Å²) < 4.78 is 46.7. The maximum Gasteiger partial charge on any atom is 0.245 e. The smallest absolute Gasteiger partial charge is 0.245 e. The van der Waals surface area contributed by atoms with Gasteiger partial charge in [0.2, 0.25) is 15.9 Å². The number of ether oxygens (including phenoxy) is 1. The lowest BCUT2D eigenvalue weighted by Crippen LogP contribution is -2.57. The number of amides is 1. The molecular formula is C20H30FN3O4S. The van der Waals surface area contributed by atoms with Gasteiger partial charge in [-0.3, -0.25) is 4.79 Å². The van der Waals surface area contributed by atoms with Crippen LogP contribution in [0.2, 0.25) is 0 Å². The molecule has 0 aromatic heterocycles. The summed E-state index contributed by atoms with van der Waals surface area (Å²) in [5.74, 6) is -0.874. The van der Waals surface area contributed by atoms with Gasteiger partial charge < -0.3 is 15.0 Å². The molecule has 1 heterocycles. The quantitative estimate of drug-likeness (QED) is 0.754. The molecule has 9 heteroatoms. The normalized spacial score (nSPS) is 24.9. The topological polar surface area (TPSA) is 87.7 Å². The van der Waals surface area contributed by atoms with E-state index in [0.717, 1.165) is 25.5 Å². The first-order valence-corrected chi connectivity index (χ1v) is 12.0. The second-order valence-electron chi connectivity index (χ2n) is 8.30. The third-order valence-corrected chi connectivity index (χ3v) is 6.25. The molecule has 1 saturated heterocycles. The van der Waals surface area contributed by atoms with Crippen LogP contribution in [0.3, 0.4) is 0 Å². The fraction of sp³-hybridized carbons (Fsp3) is 0.650. The molecule has 0 spiro atoms. The maximum absolute atomic E-state index is 14.8. The molecule has 2 N–H and O–H groups in total. The van der Waals surface area contributed by atoms with E-state index in [2.05, 4.69) is 10.0 Å². The van der Waals surface area contributed by atoms with Crippen LogP contribution in [0, 0.1) is 5.82 Å². The average molecular weight is 428 g/mol. The molecule has 1 aliphatic carbocycles. The highest BCUT2D eigenvalue weighted by molar-refractivity contribution is 7.88. The van der Waals surface area contributed by atoms with Crippen LogP contribution in [0.25, 0.3) is 0 Å². The van der Waals surface area contributed by atoms with Gasteiger partial charge in [-0.15, -0.1) is 0 Å². The molecule has 2 atom stereocenters. The minimum Gasteiger partial charge on any atom is -0.372 e. The third kappa shape index (κ3) is 5.46. The molecule has 2 aliphatic rings. The monoisotopic (exact) mass is 427 g/mol. The van der Waals surface area contributed by atoms with Crippen molar-refractivity contribution >= 4 is 27.3 Å². The van der Waals surface area contributed by atoms with E-state index in [1.54, 1.807) is 12.1 Å². The molecule has 29 heavy (non-hydrogen) atoms. The standard InChI is InChI=1S/C20H30FN3O4S/c1-14-12-24(13-15(2)28-14)18-8-7-16(11-17(18)21)22-19(25)20(23-29(3,26)27)9-5-4-6-10-20/h7-8,11,14-15,23H,4-6,9-10,12-13H2,1-3H3,(H,22,25). The molecule has 2 fully saturated rings. The number of nitrogens with one attached hydrogen (secondary N) is 2. The lowest BCUT2D eigenvalue weighted by atomic mass is 9.82. The number of hydrogen-bond donors (Lipinski definition) is 2. The Kier molecular flexibility index (Phi) is 6.50. The van der Waals surface area contributed by atoms with Gasteiger partial charge in [-0.25, -0.2) is 12.8 Å². The van der Waals surface area contributed by atoms with Crippen molar-refractivity contribution in [3.05, 3.63) is 24.0 Å². The van der Waals surface area contributed by atoms with Gasteiger partial charge >= 0.3 is 0 Å². The molecule has 1 aromatic rings. The van der Waals surface area contributed by atoms with Crippen LogP contribution >= 0.6 is 0 Å². The molecule has 1 amide bonds. The first-order chi connectivity index (χ1) is 13.6. The minimum absolute atomic E-state index is 0.00533. The molecule has 7 nitrogen and oxygen atoms in total. The summed E-state index contributed by atoms with van der Waals surface area (Å²) >= 11 is 0. The Morgan fingerprint density at radius 3 is 2.34 bits per heavy atom. The fourth-order valence-corrected chi connectivity index (χ4v) is 5.36. The van der Waals surface area contributed by atoms with Crippen LogP contribution in [0.5, 0.6) is 0 Å². The average Bonchev–Trinajstić information content (AvgIpc) is 2.60. The summed E-state index contributed by atoms with van der Waals surface area (Å²) in [4.78, 5) is 14.9. The number of hydrogen-bond acceptors (Lipinski definition) is 5. The maximum atomic E-state index is 14.8. The highest BCUT2D eigenvalue weighted by Gasteiger charge is 2.42. The van der Waals surface area contributed by atoms with Crippen LogP contribution in [0.15, 0.2) is 18.2 Å². The first-order valence-electron chi connectivity index (χ1n) is 10.1. The summed E-state index contributed by atoms with van der Waals surface area (Å²) in [5.41, 5.74) is -0.409. The summed E-state index contributed by atoms with van der Waals surface area (Å²) in [6.07, 6.45) is 4.39. The molecule has 1 aromatic carbocycles. The van der Waals surface area contributed by atoms with Crippen LogP contribution < -0.4 is 14.9 Å². The van der Waals surface area contributed by atoms with E-state index in [9.17, 15) is 17.6 Å². The fourth-order valence-electron chi connectivity index (χ4n) is 4.35. The van der Waals surface area contributed by atoms with E-state index in [1.807, 2.05) is 18.7 Å². The van der Waals surface area contributed by atoms with Crippen molar-refractivity contribution in [2.45, 2.75) is 63.7 Å². The van der Waals surface area contributed by atoms with E-state index in [4.69, 9.17) is 4.74 Å². The van der Waals surface area contributed by atoms with Gasteiger partial charge in [-0.1, -0.05) is 19.3 Å². The van der Waals surface area contributed by atoms with Crippen LogP contribution in [-0.4, -0.2) is 51.4 Å². The number of morpholine rings is 1. The zero-order valence-electron chi connectivity index (χ0n) is 17.2. The summed E-state index contributed by atoms with van der Waals surface area (Å²) in [6.45, 7) is 5.09. The van der Waals surface area contributed by atoms with Crippen molar-refractivity contribution in [2.75, 3.05) is 29.6 Å². The molecule has 2 unspecified atom stereocenters. The Morgan fingerprint density at radius 2 is 1.79 bits per heavy atom. The second-order valence-corrected chi connectivity index (χ2v) is 10.0. The molecule has 0 bridgehead atoms. The van der Waals surface area contributed by atoms with Crippen molar-refractivity contribution in [3.8, 4) is 0 Å². The number of rotatable bonds is 5. The number of sulfonamides is 1. The van der Waals surface area contributed by atoms with Crippen molar-refractivity contribution < 1.29 is 22.3 Å². The molecule has 1 aliphatic heterocycles. The number of nitrogens with zero attached hydrogens (tertiary/aromatic N) is 1. The van der Waals surface area contributed by atoms with E-state index >= 15 is 0 Å². The SMILES string of the molecule is CC1CN(c2ccc(NC(=O)C3(NS(C)(=O)=O)CCCCC3)cc2F)CC(C)O1. The molecule has 1 saturated carbocycles. The van der Waals surface area contributed by atoms with E-state index in [1.165, 1.54) is 6.07 Å². The van der Waals surface area contributed by atoms with Gasteiger partial charge in [0, 0.05) is 18.8 Å². The van der Waals surface area contributed by atoms with Gasteiger partial charge in [0.05, 0.1) is 24.2 Å². The molecule has 162 valence electrons. The lowest BCUT2D eigenvalue weighted by molar-refractivity contribution is -0.122. The van der Waals surface area contributed by atoms with Crippen LogP contribution in [0.1, 0.15) is 46.0 Å². The Bertz CT molecular complexity index is 845. The number of carbonyl (C=O) groups is 1. The zero-order chi connectivity index (χ0) is 21.2. The van der Waals surface area contributed by atoms with Gasteiger partial charge in [0.25, 0.3) is 0 Å². The molecular weight excluding hydrogens is 397 g/mol. The first kappa shape index (κ1) is 22.0. The Balaban J connectivity index is 1.77. The zero-order valence-corrected chi connectivity index (χ0v) is 18.0. The minimum atomic E-state index is -3.56. The second kappa shape index (κ2) is 8.57. The van der Waals surface area contributed by atoms with Gasteiger partial charge in [-0.05, 0) is 44.9 Å². The number of halogens is 1. The number of benzene rings is 1. The summed E-state index contributed by atoms with van der Waals surface area (Å²) in [5, 5.41) is 2.71. The summed E-state index contributed by atoms with van der Waals surface area (Å²) in [7, 11) is -3.56. The molecule has 3 rings (SSSR count). The Labute approximate surface area is 172 Å². The van der Waals surface area contributed by atoms with E-state index in [0.29, 0.717) is 37.3 Å². The third-order valence-electron chi connectivity index (χ3n) is 5.49. The van der Waals surface area contributed by atoms with Crippen molar-refractivity contribution in [1.29, 1.82) is 0 Å². The summed E-state index contributed by atoms with van der Waals surface area (Å²) in [6, 6.07) is 4.58. The highest BCUT2D eigenvalue weighted by atomic mass is 32.2. The van der Waals surface area contributed by atoms with Gasteiger partial charge in [-0.2, -0.15) is 4.72 Å². The van der Waals surface area contributed by atoms with Crippen LogP contribution in [0.4, 0.5) is 15.8 Å². The van der Waals surface area contributed by atoms with Crippen molar-refractivity contribution in [2.24, 2.45) is 0 Å². The lowest BCUT2D eigenvalue weighted by Gasteiger charge is -2.37. The van der Waals surface area contributed by atoms with E-state index in [-0.39, 0.29) is 12.2 Å². The molecule has 0 radical (unpaired) electrons. The number of anilines is 2. The van der Waals surface area contributed by atoms with Gasteiger partial charge in [0.15, 0.2) is 0 Å². The Hall–Kier alpha value is -1.71. The van der Waals surface area contributed by atoms with Crippen molar-refractivity contribution in [1.82, 2.24) is 4.72 Å². The highest BCUT2D eigenvalue weighted by Crippen LogP contribution is 2.31. The van der Waals surface area contributed by atoms with E-state index < -0.39 is 27.3 Å². The van der Waals surface area contributed by atoms with Gasteiger partial charge in [0.1, 0.15) is 11.4 Å². The Morgan fingerprint density at radius 1 is 1.17 bits per heavy atom. The number of carbonyl (C=O) groups excluding carboxylic acids is 1. The van der Waals surface area contributed by atoms with Crippen LogP contribution in [-0.2, 0) is 19.6 Å². The predicted molar refractivity (Wildman–Crippen MR) is 111 cm³/mol.